The van der Waals surface area contributed by atoms with Gasteiger partial charge in [0.15, 0.2) is 5.75 Å². The lowest BCUT2D eigenvalue weighted by atomic mass is 10.1. The summed E-state index contributed by atoms with van der Waals surface area (Å²) in [6, 6.07) is 21.5. The molecule has 3 aromatic rings. The number of hydrogen-bond donors (Lipinski definition) is 0. The fourth-order valence-electron chi connectivity index (χ4n) is 2.59. The quantitative estimate of drug-likeness (QED) is 0.308. The predicted octanol–water partition coefficient (Wildman–Crippen LogP) is 5.20. The molecule has 0 fully saturated rings. The zero-order chi connectivity index (χ0) is 19.2. The Balaban J connectivity index is 1.74. The number of halogens is 1. The SMILES string of the molecule is C[C@@H](C(=O)OCc1ccccc1)N(Oc1cccc2ccccc12)[PH](=O)Cl. The first-order chi connectivity index (χ1) is 13.1. The van der Waals surface area contributed by atoms with Crippen LogP contribution in [-0.2, 0) is 20.7 Å². The smallest absolute Gasteiger partial charge is 0.327 e. The summed E-state index contributed by atoms with van der Waals surface area (Å²) >= 11 is 5.84. The molecule has 0 amide bonds. The first kappa shape index (κ1) is 19.4. The van der Waals surface area contributed by atoms with Gasteiger partial charge in [-0.3, -0.25) is 9.36 Å². The molecule has 5 nitrogen and oxygen atoms in total. The minimum absolute atomic E-state index is 0.120. The summed E-state index contributed by atoms with van der Waals surface area (Å²) in [6.45, 7) is 1.67. The molecular formula is C20H19ClNO4P. The third-order valence-electron chi connectivity index (χ3n) is 4.04. The second-order valence-electron chi connectivity index (χ2n) is 5.92. The number of fused-ring (bicyclic) bond motifs is 1. The highest BCUT2D eigenvalue weighted by atomic mass is 35.7. The maximum atomic E-state index is 12.4. The van der Waals surface area contributed by atoms with E-state index in [1.165, 1.54) is 0 Å². The average molecular weight is 404 g/mol. The minimum atomic E-state index is -2.83. The molecule has 140 valence electrons. The maximum Gasteiger partial charge on any atom is 0.327 e. The van der Waals surface area contributed by atoms with E-state index in [2.05, 4.69) is 0 Å². The zero-order valence-electron chi connectivity index (χ0n) is 14.7. The van der Waals surface area contributed by atoms with Crippen LogP contribution in [-0.4, -0.2) is 16.8 Å². The van der Waals surface area contributed by atoms with Crippen LogP contribution < -0.4 is 4.84 Å². The van der Waals surface area contributed by atoms with E-state index < -0.39 is 19.3 Å². The van der Waals surface area contributed by atoms with Gasteiger partial charge in [-0.25, -0.2) is 0 Å². The van der Waals surface area contributed by atoms with E-state index in [9.17, 15) is 9.36 Å². The van der Waals surface area contributed by atoms with Crippen LogP contribution in [0.15, 0.2) is 72.8 Å². The van der Waals surface area contributed by atoms with Crippen molar-refractivity contribution >= 4 is 35.3 Å². The number of rotatable bonds is 7. The van der Waals surface area contributed by atoms with Crippen LogP contribution >= 0.6 is 18.5 Å². The molecule has 0 radical (unpaired) electrons. The molecule has 0 aromatic heterocycles. The monoisotopic (exact) mass is 403 g/mol. The van der Waals surface area contributed by atoms with Gasteiger partial charge in [0.25, 0.3) is 7.30 Å². The van der Waals surface area contributed by atoms with E-state index in [1.807, 2.05) is 66.7 Å². The van der Waals surface area contributed by atoms with Gasteiger partial charge in [-0.05, 0) is 35.2 Å². The van der Waals surface area contributed by atoms with Crippen molar-refractivity contribution in [1.82, 2.24) is 4.83 Å². The molecule has 3 rings (SSSR count). The van der Waals surface area contributed by atoms with Crippen LogP contribution in [0.4, 0.5) is 0 Å². The number of esters is 1. The Morgan fingerprint density at radius 2 is 1.70 bits per heavy atom. The van der Waals surface area contributed by atoms with Crippen LogP contribution in [0.1, 0.15) is 12.5 Å². The molecule has 0 saturated carbocycles. The van der Waals surface area contributed by atoms with Crippen molar-refractivity contribution in [3.63, 3.8) is 0 Å². The fourth-order valence-corrected chi connectivity index (χ4v) is 3.72. The topological polar surface area (TPSA) is 55.8 Å². The van der Waals surface area contributed by atoms with E-state index in [1.54, 1.807) is 13.0 Å². The van der Waals surface area contributed by atoms with Crippen LogP contribution in [0.3, 0.4) is 0 Å². The summed E-state index contributed by atoms with van der Waals surface area (Å²) in [5.41, 5.74) is 0.859. The van der Waals surface area contributed by atoms with Gasteiger partial charge >= 0.3 is 5.97 Å². The number of benzene rings is 3. The summed E-state index contributed by atoms with van der Waals surface area (Å²) in [5, 5.41) is 1.79. The summed E-state index contributed by atoms with van der Waals surface area (Å²) in [5.74, 6) is -0.104. The van der Waals surface area contributed by atoms with Crippen LogP contribution in [0.2, 0.25) is 0 Å². The van der Waals surface area contributed by atoms with Crippen molar-refractivity contribution in [3.8, 4) is 5.75 Å². The van der Waals surface area contributed by atoms with Crippen LogP contribution in [0.25, 0.3) is 10.8 Å². The highest BCUT2D eigenvalue weighted by molar-refractivity contribution is 7.71. The highest BCUT2D eigenvalue weighted by Gasteiger charge is 2.29. The van der Waals surface area contributed by atoms with E-state index in [-0.39, 0.29) is 6.61 Å². The Morgan fingerprint density at radius 3 is 2.44 bits per heavy atom. The van der Waals surface area contributed by atoms with Crippen molar-refractivity contribution in [2.24, 2.45) is 0 Å². The second-order valence-corrected chi connectivity index (χ2v) is 7.83. The molecule has 0 spiro atoms. The molecule has 7 heteroatoms. The Labute approximate surface area is 163 Å². The standard InChI is InChI=1S/C20H19ClNO4P/c1-15(20(23)25-14-16-8-3-2-4-9-16)22(27(21)24)26-19-13-7-11-17-10-5-6-12-18(17)19/h2-13,15,27H,14H2,1H3/t15-/m0/s1. The molecule has 0 aliphatic rings. The number of ether oxygens (including phenoxy) is 1. The Hall–Kier alpha value is -2.33. The molecule has 0 heterocycles. The zero-order valence-corrected chi connectivity index (χ0v) is 16.4. The van der Waals surface area contributed by atoms with Gasteiger partial charge in [-0.15, -0.1) is 0 Å². The lowest BCUT2D eigenvalue weighted by Gasteiger charge is -2.24. The second kappa shape index (κ2) is 9.05. The van der Waals surface area contributed by atoms with Gasteiger partial charge in [-0.1, -0.05) is 71.6 Å². The molecule has 0 N–H and O–H groups in total. The van der Waals surface area contributed by atoms with Crippen LogP contribution in [0.5, 0.6) is 5.75 Å². The van der Waals surface area contributed by atoms with E-state index in [4.69, 9.17) is 20.8 Å². The summed E-state index contributed by atoms with van der Waals surface area (Å²) in [7, 11) is -2.83. The first-order valence-corrected chi connectivity index (χ1v) is 10.8. The number of nitrogens with zero attached hydrogens (tertiary/aromatic N) is 1. The molecule has 0 bridgehead atoms. The van der Waals surface area contributed by atoms with Crippen molar-refractivity contribution < 1.29 is 18.9 Å². The number of hydroxylamine groups is 1. The number of hydrogen-bond acceptors (Lipinski definition) is 4. The highest BCUT2D eigenvalue weighted by Crippen LogP contribution is 2.37. The average Bonchev–Trinajstić information content (AvgIpc) is 2.70. The van der Waals surface area contributed by atoms with Gasteiger partial charge in [0.05, 0.1) is 0 Å². The number of carbonyl (C=O) groups excluding carboxylic acids is 1. The molecule has 2 atom stereocenters. The Kier molecular flexibility index (Phi) is 6.51. The van der Waals surface area contributed by atoms with E-state index in [0.717, 1.165) is 21.2 Å². The summed E-state index contributed by atoms with van der Waals surface area (Å²) < 4.78 is 17.4. The predicted molar refractivity (Wildman–Crippen MR) is 107 cm³/mol. The number of carbonyl (C=O) groups is 1. The third-order valence-corrected chi connectivity index (χ3v) is 5.36. The van der Waals surface area contributed by atoms with Crippen molar-refractivity contribution in [1.29, 1.82) is 0 Å². The fraction of sp³-hybridized carbons (Fsp3) is 0.150. The van der Waals surface area contributed by atoms with Gasteiger partial charge in [-0.2, -0.15) is 0 Å². The lowest BCUT2D eigenvalue weighted by Crippen LogP contribution is -2.37. The minimum Gasteiger partial charge on any atom is -0.460 e. The lowest BCUT2D eigenvalue weighted by molar-refractivity contribution is -0.155. The van der Waals surface area contributed by atoms with Crippen molar-refractivity contribution in [2.45, 2.75) is 19.6 Å². The molecule has 3 aromatic carbocycles. The normalized spacial score (nSPS) is 13.3. The largest absolute Gasteiger partial charge is 0.460 e. The van der Waals surface area contributed by atoms with E-state index in [0.29, 0.717) is 5.75 Å². The Bertz CT molecular complexity index is 946. The van der Waals surface area contributed by atoms with Gasteiger partial charge in [0, 0.05) is 5.39 Å². The van der Waals surface area contributed by atoms with Gasteiger partial charge in [0.1, 0.15) is 12.6 Å². The third kappa shape index (κ3) is 4.89. The van der Waals surface area contributed by atoms with E-state index >= 15 is 0 Å². The van der Waals surface area contributed by atoms with Gasteiger partial charge in [0.2, 0.25) is 0 Å². The van der Waals surface area contributed by atoms with Crippen molar-refractivity contribution in [2.75, 3.05) is 0 Å². The van der Waals surface area contributed by atoms with Crippen molar-refractivity contribution in [3.05, 3.63) is 78.4 Å². The maximum absolute atomic E-state index is 12.4. The van der Waals surface area contributed by atoms with Gasteiger partial charge < -0.3 is 9.57 Å². The first-order valence-electron chi connectivity index (χ1n) is 8.41. The molecule has 0 aliphatic heterocycles. The molecule has 0 aliphatic carbocycles. The molecular weight excluding hydrogens is 385 g/mol. The summed E-state index contributed by atoms with van der Waals surface area (Å²) in [4.78, 5) is 19.1. The summed E-state index contributed by atoms with van der Waals surface area (Å²) in [6.07, 6.45) is 0. The molecule has 0 saturated heterocycles. The molecule has 27 heavy (non-hydrogen) atoms. The van der Waals surface area contributed by atoms with Crippen LogP contribution in [0, 0.1) is 0 Å². The molecule has 1 unspecified atom stereocenters. The Morgan fingerprint density at radius 1 is 1.04 bits per heavy atom.